The van der Waals surface area contributed by atoms with Crippen LogP contribution in [0.1, 0.15) is 77.2 Å². The quantitative estimate of drug-likeness (QED) is 0.404. The lowest BCUT2D eigenvalue weighted by atomic mass is 9.86. The number of furan rings is 1. The number of hydrogen-bond acceptors (Lipinski definition) is 4. The molecular formula is C31H36N2O4. The van der Waals surface area contributed by atoms with Crippen LogP contribution in [0.3, 0.4) is 0 Å². The topological polar surface area (TPSA) is 63.0 Å². The second kappa shape index (κ2) is 10.8. The van der Waals surface area contributed by atoms with Crippen LogP contribution >= 0.6 is 0 Å². The van der Waals surface area contributed by atoms with Crippen molar-refractivity contribution >= 4 is 11.8 Å². The van der Waals surface area contributed by atoms with Crippen molar-refractivity contribution in [2.24, 2.45) is 5.92 Å². The van der Waals surface area contributed by atoms with Crippen molar-refractivity contribution in [3.63, 3.8) is 0 Å². The van der Waals surface area contributed by atoms with Gasteiger partial charge in [-0.25, -0.2) is 0 Å². The summed E-state index contributed by atoms with van der Waals surface area (Å²) in [6.07, 6.45) is 5.11. The normalized spacial score (nSPS) is 17.5. The van der Waals surface area contributed by atoms with Crippen molar-refractivity contribution in [3.8, 4) is 5.75 Å². The summed E-state index contributed by atoms with van der Waals surface area (Å²) in [6.45, 7) is 5.58. The minimum atomic E-state index is -0.143. The predicted octanol–water partition coefficient (Wildman–Crippen LogP) is 5.92. The first-order valence-corrected chi connectivity index (χ1v) is 13.4. The number of amides is 2. The molecule has 0 bridgehead atoms. The highest BCUT2D eigenvalue weighted by Gasteiger charge is 2.36. The van der Waals surface area contributed by atoms with E-state index < -0.39 is 0 Å². The third-order valence-electron chi connectivity index (χ3n) is 7.80. The molecule has 3 aromatic rings. The van der Waals surface area contributed by atoms with E-state index in [0.717, 1.165) is 55.5 Å². The summed E-state index contributed by atoms with van der Waals surface area (Å²) in [5.41, 5.74) is 4.71. The fourth-order valence-corrected chi connectivity index (χ4v) is 5.49. The molecule has 1 fully saturated rings. The molecular weight excluding hydrogens is 464 g/mol. The molecule has 194 valence electrons. The predicted molar refractivity (Wildman–Crippen MR) is 143 cm³/mol. The van der Waals surface area contributed by atoms with Gasteiger partial charge in [0, 0.05) is 26.1 Å². The van der Waals surface area contributed by atoms with E-state index >= 15 is 0 Å². The van der Waals surface area contributed by atoms with E-state index in [4.69, 9.17) is 9.15 Å². The van der Waals surface area contributed by atoms with Gasteiger partial charge in [-0.3, -0.25) is 9.59 Å². The fourth-order valence-electron chi connectivity index (χ4n) is 5.49. The summed E-state index contributed by atoms with van der Waals surface area (Å²) in [7, 11) is 1.75. The van der Waals surface area contributed by atoms with Crippen molar-refractivity contribution in [2.75, 3.05) is 20.1 Å². The van der Waals surface area contributed by atoms with E-state index in [2.05, 4.69) is 48.2 Å². The lowest BCUT2D eigenvalue weighted by Crippen LogP contribution is -2.43. The Bertz CT molecular complexity index is 1260. The molecule has 1 aliphatic heterocycles. The van der Waals surface area contributed by atoms with Crippen molar-refractivity contribution in [2.45, 2.75) is 58.6 Å². The molecule has 2 amide bonds. The third-order valence-corrected chi connectivity index (χ3v) is 7.80. The lowest BCUT2D eigenvalue weighted by Gasteiger charge is -2.39. The van der Waals surface area contributed by atoms with Gasteiger partial charge in [-0.1, -0.05) is 48.7 Å². The molecule has 1 saturated carbocycles. The second-order valence-electron chi connectivity index (χ2n) is 10.3. The molecule has 1 atom stereocenters. The minimum absolute atomic E-state index is 0.126. The monoisotopic (exact) mass is 500 g/mol. The zero-order chi connectivity index (χ0) is 25.9. The highest BCUT2D eigenvalue weighted by atomic mass is 16.5. The molecule has 6 heteroatoms. The van der Waals surface area contributed by atoms with Gasteiger partial charge in [0.1, 0.15) is 18.1 Å². The number of aryl methyl sites for hydroxylation is 1. The summed E-state index contributed by atoms with van der Waals surface area (Å²) in [4.78, 5) is 29.7. The summed E-state index contributed by atoms with van der Waals surface area (Å²) < 4.78 is 11.9. The molecule has 1 unspecified atom stereocenters. The van der Waals surface area contributed by atoms with Crippen LogP contribution in [0.2, 0.25) is 0 Å². The first-order valence-electron chi connectivity index (χ1n) is 13.4. The molecule has 5 rings (SSSR count). The maximum atomic E-state index is 13.6. The molecule has 2 aliphatic rings. The average molecular weight is 501 g/mol. The molecule has 0 saturated heterocycles. The average Bonchev–Trinajstić information content (AvgIpc) is 3.63. The maximum absolute atomic E-state index is 13.6. The van der Waals surface area contributed by atoms with Gasteiger partial charge in [0.15, 0.2) is 5.76 Å². The Labute approximate surface area is 219 Å². The molecule has 0 radical (unpaired) electrons. The number of hydrogen-bond donors (Lipinski definition) is 0. The van der Waals surface area contributed by atoms with Crippen LogP contribution in [0.5, 0.6) is 5.75 Å². The number of carbonyl (C=O) groups excluding carboxylic acids is 2. The molecule has 2 aromatic carbocycles. The summed E-state index contributed by atoms with van der Waals surface area (Å²) in [5.74, 6) is 1.91. The zero-order valence-electron chi connectivity index (χ0n) is 22.0. The van der Waals surface area contributed by atoms with Gasteiger partial charge in [-0.2, -0.15) is 0 Å². The van der Waals surface area contributed by atoms with Gasteiger partial charge in [-0.15, -0.1) is 0 Å². The summed E-state index contributed by atoms with van der Waals surface area (Å²) >= 11 is 0. The Morgan fingerprint density at radius 2 is 1.81 bits per heavy atom. The smallest absolute Gasteiger partial charge is 0.289 e. The van der Waals surface area contributed by atoms with Crippen LogP contribution in [0.15, 0.2) is 59.0 Å². The standard InChI is InChI=1S/C31H36N2O4/c1-4-32(3)31(35)28-16-15-26(37-28)20-36-25-14-13-22-17-18-33(30(34)24-7-5-6-8-24)29(27(22)19-25)23-11-9-21(2)10-12-23/h9-16,19,24,29H,4-8,17-18,20H2,1-3H3. The largest absolute Gasteiger partial charge is 0.486 e. The van der Waals surface area contributed by atoms with Gasteiger partial charge in [-0.05, 0) is 74.1 Å². The minimum Gasteiger partial charge on any atom is -0.486 e. The Kier molecular flexibility index (Phi) is 7.36. The number of rotatable bonds is 7. The number of carbonyl (C=O) groups is 2. The third kappa shape index (κ3) is 5.29. The van der Waals surface area contributed by atoms with E-state index in [0.29, 0.717) is 18.1 Å². The second-order valence-corrected chi connectivity index (χ2v) is 10.3. The number of nitrogens with zero attached hydrogens (tertiary/aromatic N) is 2. The Hall–Kier alpha value is -3.54. The van der Waals surface area contributed by atoms with Gasteiger partial charge >= 0.3 is 0 Å². The molecule has 37 heavy (non-hydrogen) atoms. The van der Waals surface area contributed by atoms with Crippen molar-refractivity contribution in [1.29, 1.82) is 0 Å². The Balaban J connectivity index is 1.40. The first-order chi connectivity index (χ1) is 17.9. The molecule has 2 heterocycles. The van der Waals surface area contributed by atoms with Gasteiger partial charge in [0.25, 0.3) is 5.91 Å². The number of fused-ring (bicyclic) bond motifs is 1. The van der Waals surface area contributed by atoms with Crippen LogP contribution in [-0.2, 0) is 17.8 Å². The number of benzene rings is 2. The van der Waals surface area contributed by atoms with E-state index in [1.54, 1.807) is 24.1 Å². The fraction of sp³-hybridized carbons (Fsp3) is 0.419. The van der Waals surface area contributed by atoms with Crippen LogP contribution in [0, 0.1) is 12.8 Å². The lowest BCUT2D eigenvalue weighted by molar-refractivity contribution is -0.137. The van der Waals surface area contributed by atoms with Gasteiger partial charge in [0.05, 0.1) is 6.04 Å². The van der Waals surface area contributed by atoms with Crippen molar-refractivity contribution in [1.82, 2.24) is 9.80 Å². The van der Waals surface area contributed by atoms with Gasteiger partial charge in [0.2, 0.25) is 5.91 Å². The summed E-state index contributed by atoms with van der Waals surface area (Å²) in [5, 5.41) is 0. The molecule has 0 spiro atoms. The van der Waals surface area contributed by atoms with E-state index in [-0.39, 0.29) is 30.4 Å². The molecule has 0 N–H and O–H groups in total. The molecule has 1 aromatic heterocycles. The van der Waals surface area contributed by atoms with Crippen LogP contribution < -0.4 is 4.74 Å². The van der Waals surface area contributed by atoms with Crippen molar-refractivity contribution < 1.29 is 18.7 Å². The van der Waals surface area contributed by atoms with E-state index in [9.17, 15) is 9.59 Å². The first kappa shape index (κ1) is 25.1. The maximum Gasteiger partial charge on any atom is 0.289 e. The number of ether oxygens (including phenoxy) is 1. The highest BCUT2D eigenvalue weighted by Crippen LogP contribution is 2.40. The molecule has 1 aliphatic carbocycles. The Morgan fingerprint density at radius 3 is 2.54 bits per heavy atom. The van der Waals surface area contributed by atoms with Gasteiger partial charge < -0.3 is 19.0 Å². The molecule has 6 nitrogen and oxygen atoms in total. The zero-order valence-corrected chi connectivity index (χ0v) is 22.0. The summed E-state index contributed by atoms with van der Waals surface area (Å²) in [6, 6.07) is 18.1. The van der Waals surface area contributed by atoms with Crippen LogP contribution in [0.4, 0.5) is 0 Å². The van der Waals surface area contributed by atoms with E-state index in [1.165, 1.54) is 11.1 Å². The Morgan fingerprint density at radius 1 is 1.05 bits per heavy atom. The van der Waals surface area contributed by atoms with Crippen LogP contribution in [0.25, 0.3) is 0 Å². The van der Waals surface area contributed by atoms with Crippen molar-refractivity contribution in [3.05, 3.63) is 88.4 Å². The SMILES string of the molecule is CCN(C)C(=O)c1ccc(COc2ccc3c(c2)C(c2ccc(C)cc2)N(C(=O)C2CCCC2)CC3)o1. The van der Waals surface area contributed by atoms with Crippen LogP contribution in [-0.4, -0.2) is 41.8 Å². The highest BCUT2D eigenvalue weighted by molar-refractivity contribution is 5.91. The van der Waals surface area contributed by atoms with E-state index in [1.807, 2.05) is 13.0 Å².